The van der Waals surface area contributed by atoms with Crippen LogP contribution in [0.2, 0.25) is 0 Å². The maximum Gasteiger partial charge on any atom is 0.243 e. The van der Waals surface area contributed by atoms with E-state index in [1.807, 2.05) is 36.4 Å². The van der Waals surface area contributed by atoms with Crippen LogP contribution in [0.1, 0.15) is 12.8 Å². The van der Waals surface area contributed by atoms with Crippen LogP contribution in [0.5, 0.6) is 0 Å². The Morgan fingerprint density at radius 2 is 1.74 bits per heavy atom. The van der Waals surface area contributed by atoms with Crippen molar-refractivity contribution in [1.29, 1.82) is 0 Å². The molecule has 2 aromatic carbocycles. The minimum absolute atomic E-state index is 0.0997. The van der Waals surface area contributed by atoms with Crippen LogP contribution >= 0.6 is 0 Å². The summed E-state index contributed by atoms with van der Waals surface area (Å²) in [6, 6.07) is 13.4. The Kier molecular flexibility index (Phi) is 3.67. The van der Waals surface area contributed by atoms with E-state index in [0.717, 1.165) is 36.7 Å². The lowest BCUT2D eigenvalue weighted by Crippen LogP contribution is -2.47. The summed E-state index contributed by atoms with van der Waals surface area (Å²) in [7, 11) is -1.36. The number of fused-ring (bicyclic) bond motifs is 5. The van der Waals surface area contributed by atoms with Gasteiger partial charge in [0.25, 0.3) is 0 Å². The van der Waals surface area contributed by atoms with Crippen molar-refractivity contribution < 1.29 is 8.42 Å². The molecule has 2 bridgehead atoms. The predicted octanol–water partition coefficient (Wildman–Crippen LogP) is 2.55. The summed E-state index contributed by atoms with van der Waals surface area (Å²) < 4.78 is 28.5. The smallest absolute Gasteiger partial charge is 0.243 e. The standard InChI is InChI=1S/C18H22N2O2S/c1-19-11-14-9-10-16(13-19)20(12-14)23(21,22)18-8-4-6-15-5-2-3-7-17(15)18/h2-8,14,16H,9-13H2,1H3/t14-,16+/m0/s1. The van der Waals surface area contributed by atoms with Crippen LogP contribution in [0, 0.1) is 5.92 Å². The van der Waals surface area contributed by atoms with Gasteiger partial charge in [0.2, 0.25) is 10.0 Å². The lowest BCUT2D eigenvalue weighted by molar-refractivity contribution is 0.229. The Morgan fingerprint density at radius 3 is 2.61 bits per heavy atom. The molecule has 0 unspecified atom stereocenters. The first-order valence-corrected chi connectivity index (χ1v) is 9.68. The molecule has 23 heavy (non-hydrogen) atoms. The van der Waals surface area contributed by atoms with Gasteiger partial charge in [-0.1, -0.05) is 36.4 Å². The second-order valence-corrected chi connectivity index (χ2v) is 8.73. The average Bonchev–Trinajstić information content (AvgIpc) is 2.83. The highest BCUT2D eigenvalue weighted by atomic mass is 32.2. The van der Waals surface area contributed by atoms with Crippen LogP contribution in [0.4, 0.5) is 0 Å². The molecule has 3 heterocycles. The van der Waals surface area contributed by atoms with E-state index in [0.29, 0.717) is 17.4 Å². The molecule has 0 saturated carbocycles. The van der Waals surface area contributed by atoms with Crippen molar-refractivity contribution in [2.24, 2.45) is 5.92 Å². The van der Waals surface area contributed by atoms with Crippen molar-refractivity contribution in [3.05, 3.63) is 42.5 Å². The third-order valence-corrected chi connectivity index (χ3v) is 7.16. The number of hydrogen-bond donors (Lipinski definition) is 0. The molecule has 2 atom stereocenters. The van der Waals surface area contributed by atoms with E-state index in [-0.39, 0.29) is 6.04 Å². The largest absolute Gasteiger partial charge is 0.304 e. The molecule has 0 aliphatic carbocycles. The van der Waals surface area contributed by atoms with Crippen molar-refractivity contribution in [3.63, 3.8) is 0 Å². The summed E-state index contributed by atoms with van der Waals surface area (Å²) in [6.07, 6.45) is 2.11. The fraction of sp³-hybridized carbons (Fsp3) is 0.444. The number of likely N-dealkylation sites (N-methyl/N-ethyl adjacent to an activating group) is 1. The molecular weight excluding hydrogens is 308 g/mol. The topological polar surface area (TPSA) is 40.6 Å². The summed E-state index contributed by atoms with van der Waals surface area (Å²) in [5, 5.41) is 1.80. The second kappa shape index (κ2) is 5.58. The van der Waals surface area contributed by atoms with E-state index in [1.165, 1.54) is 0 Å². The molecule has 0 radical (unpaired) electrons. The first kappa shape index (κ1) is 15.1. The highest BCUT2D eigenvalue weighted by molar-refractivity contribution is 7.89. The zero-order chi connectivity index (χ0) is 16.0. The Labute approximate surface area is 137 Å². The van der Waals surface area contributed by atoms with Crippen LogP contribution in [-0.2, 0) is 10.0 Å². The fourth-order valence-electron chi connectivity index (χ4n) is 4.11. The molecule has 122 valence electrons. The number of rotatable bonds is 2. The number of hydrogen-bond acceptors (Lipinski definition) is 3. The maximum absolute atomic E-state index is 13.4. The first-order valence-electron chi connectivity index (χ1n) is 8.24. The van der Waals surface area contributed by atoms with Crippen LogP contribution in [-0.4, -0.2) is 50.3 Å². The zero-order valence-electron chi connectivity index (χ0n) is 13.4. The number of piperidine rings is 1. The quantitative estimate of drug-likeness (QED) is 0.850. The van der Waals surface area contributed by atoms with E-state index in [2.05, 4.69) is 11.9 Å². The van der Waals surface area contributed by atoms with Crippen LogP contribution in [0.15, 0.2) is 47.4 Å². The minimum atomic E-state index is -3.46. The first-order chi connectivity index (χ1) is 11.1. The van der Waals surface area contributed by atoms with Crippen LogP contribution < -0.4 is 0 Å². The molecule has 5 heteroatoms. The highest BCUT2D eigenvalue weighted by Gasteiger charge is 2.40. The van der Waals surface area contributed by atoms with Crippen LogP contribution in [0.25, 0.3) is 10.8 Å². The van der Waals surface area contributed by atoms with Crippen molar-refractivity contribution in [2.45, 2.75) is 23.8 Å². The van der Waals surface area contributed by atoms with Gasteiger partial charge in [-0.15, -0.1) is 0 Å². The molecule has 3 saturated heterocycles. The van der Waals surface area contributed by atoms with Crippen molar-refractivity contribution in [1.82, 2.24) is 9.21 Å². The minimum Gasteiger partial charge on any atom is -0.304 e. The summed E-state index contributed by atoms with van der Waals surface area (Å²) in [4.78, 5) is 2.73. The molecule has 0 aromatic heterocycles. The Balaban J connectivity index is 1.81. The van der Waals surface area contributed by atoms with Gasteiger partial charge in [0, 0.05) is 31.1 Å². The van der Waals surface area contributed by atoms with Crippen molar-refractivity contribution in [3.8, 4) is 0 Å². The number of nitrogens with zero attached hydrogens (tertiary/aromatic N) is 2. The fourth-order valence-corrected chi connectivity index (χ4v) is 6.05. The SMILES string of the molecule is CN1C[C@@H]2CC[C@H](C1)N(S(=O)(=O)c1cccc3ccccc13)C2. The van der Waals surface area contributed by atoms with Crippen LogP contribution in [0.3, 0.4) is 0 Å². The zero-order valence-corrected chi connectivity index (χ0v) is 14.2. The molecule has 0 spiro atoms. The molecule has 0 amide bonds. The van der Waals surface area contributed by atoms with Gasteiger partial charge in [-0.3, -0.25) is 0 Å². The maximum atomic E-state index is 13.4. The molecule has 3 fully saturated rings. The monoisotopic (exact) mass is 330 g/mol. The number of sulfonamides is 1. The highest BCUT2D eigenvalue weighted by Crippen LogP contribution is 2.34. The average molecular weight is 330 g/mol. The summed E-state index contributed by atoms with van der Waals surface area (Å²) in [5.74, 6) is 0.448. The predicted molar refractivity (Wildman–Crippen MR) is 91.8 cm³/mol. The van der Waals surface area contributed by atoms with Crippen molar-refractivity contribution >= 4 is 20.8 Å². The van der Waals surface area contributed by atoms with E-state index in [4.69, 9.17) is 0 Å². The number of benzene rings is 2. The molecule has 3 aliphatic rings. The Morgan fingerprint density at radius 1 is 0.957 bits per heavy atom. The van der Waals surface area contributed by atoms with Gasteiger partial charge < -0.3 is 4.90 Å². The second-order valence-electron chi connectivity index (χ2n) is 6.87. The van der Waals surface area contributed by atoms with Gasteiger partial charge >= 0.3 is 0 Å². The summed E-state index contributed by atoms with van der Waals surface area (Å²) in [6.45, 7) is 2.49. The molecule has 0 N–H and O–H groups in total. The van der Waals surface area contributed by atoms with E-state index < -0.39 is 10.0 Å². The normalized spacial score (nSPS) is 26.5. The lowest BCUT2D eigenvalue weighted by Gasteiger charge is -2.35. The van der Waals surface area contributed by atoms with E-state index in [1.54, 1.807) is 10.4 Å². The molecule has 4 nitrogen and oxygen atoms in total. The Hall–Kier alpha value is -1.43. The Bertz CT molecular complexity index is 829. The van der Waals surface area contributed by atoms with Gasteiger partial charge in [-0.25, -0.2) is 8.42 Å². The van der Waals surface area contributed by atoms with Gasteiger partial charge in [-0.05, 0) is 37.3 Å². The van der Waals surface area contributed by atoms with Crippen molar-refractivity contribution in [2.75, 3.05) is 26.7 Å². The lowest BCUT2D eigenvalue weighted by atomic mass is 9.97. The summed E-state index contributed by atoms with van der Waals surface area (Å²) >= 11 is 0. The molecule has 3 aliphatic heterocycles. The van der Waals surface area contributed by atoms with Gasteiger partial charge in [-0.2, -0.15) is 4.31 Å². The third kappa shape index (κ3) is 2.57. The molecule has 5 rings (SSSR count). The van der Waals surface area contributed by atoms with E-state index in [9.17, 15) is 8.42 Å². The molecule has 2 aromatic rings. The van der Waals surface area contributed by atoms with Gasteiger partial charge in [0.1, 0.15) is 0 Å². The molecular formula is C18H22N2O2S. The summed E-state index contributed by atoms with van der Waals surface area (Å²) in [5.41, 5.74) is 0. The third-order valence-electron chi connectivity index (χ3n) is 5.18. The van der Waals surface area contributed by atoms with Gasteiger partial charge in [0.05, 0.1) is 4.90 Å². The van der Waals surface area contributed by atoms with E-state index >= 15 is 0 Å². The van der Waals surface area contributed by atoms with Gasteiger partial charge in [0.15, 0.2) is 0 Å².